The molecule has 5 rings (SSSR count). The Morgan fingerprint density at radius 1 is 0.939 bits per heavy atom. The molecule has 0 aliphatic carbocycles. The van der Waals surface area contributed by atoms with E-state index in [9.17, 15) is 4.79 Å². The maximum absolute atomic E-state index is 12.7. The smallest absolute Gasteiger partial charge is 0.291 e. The van der Waals surface area contributed by atoms with Crippen LogP contribution in [0.15, 0.2) is 53.3 Å². The molecule has 1 saturated heterocycles. The van der Waals surface area contributed by atoms with Crippen molar-refractivity contribution in [1.29, 1.82) is 0 Å². The Balaban J connectivity index is 1.39. The molecule has 0 bridgehead atoms. The van der Waals surface area contributed by atoms with Crippen LogP contribution < -0.4 is 5.32 Å². The average molecular weight is 442 g/mol. The highest BCUT2D eigenvalue weighted by atomic mass is 16.4. The SMILES string of the molecule is Cc1ncc(-c2cnc(C(=O)N3CCCNCC3)nc2)nc1-c1nnc(-c2ccccc2)o1. The van der Waals surface area contributed by atoms with Gasteiger partial charge in [0, 0.05) is 43.2 Å². The highest BCUT2D eigenvalue weighted by Gasteiger charge is 2.20. The van der Waals surface area contributed by atoms with Crippen LogP contribution in [0.5, 0.6) is 0 Å². The van der Waals surface area contributed by atoms with Gasteiger partial charge in [0.1, 0.15) is 5.69 Å². The molecule has 10 nitrogen and oxygen atoms in total. The Hall–Kier alpha value is -4.05. The zero-order valence-corrected chi connectivity index (χ0v) is 18.1. The summed E-state index contributed by atoms with van der Waals surface area (Å²) >= 11 is 0. The predicted molar refractivity (Wildman–Crippen MR) is 120 cm³/mol. The van der Waals surface area contributed by atoms with Crippen LogP contribution in [0.4, 0.5) is 0 Å². The molecular weight excluding hydrogens is 420 g/mol. The normalized spacial score (nSPS) is 14.2. The van der Waals surface area contributed by atoms with Crippen molar-refractivity contribution in [3.8, 4) is 34.3 Å². The van der Waals surface area contributed by atoms with Crippen LogP contribution >= 0.6 is 0 Å². The minimum Gasteiger partial charge on any atom is -0.415 e. The van der Waals surface area contributed by atoms with Gasteiger partial charge in [-0.2, -0.15) is 0 Å². The first-order chi connectivity index (χ1) is 16.2. The third-order valence-electron chi connectivity index (χ3n) is 5.37. The highest BCUT2D eigenvalue weighted by Crippen LogP contribution is 2.26. The molecule has 0 radical (unpaired) electrons. The number of nitrogens with one attached hydrogen (secondary N) is 1. The number of amides is 1. The van der Waals surface area contributed by atoms with Crippen molar-refractivity contribution in [2.75, 3.05) is 26.2 Å². The first-order valence-corrected chi connectivity index (χ1v) is 10.7. The summed E-state index contributed by atoms with van der Waals surface area (Å²) in [4.78, 5) is 32.2. The van der Waals surface area contributed by atoms with Crippen LogP contribution in [0, 0.1) is 6.92 Å². The number of aromatic nitrogens is 6. The lowest BCUT2D eigenvalue weighted by Crippen LogP contribution is -2.35. The van der Waals surface area contributed by atoms with E-state index in [1.807, 2.05) is 37.3 Å². The number of carbonyl (C=O) groups excluding carboxylic acids is 1. The summed E-state index contributed by atoms with van der Waals surface area (Å²) in [5.74, 6) is 0.695. The average Bonchev–Trinajstić information content (AvgIpc) is 3.19. The van der Waals surface area contributed by atoms with Crippen LogP contribution in [-0.4, -0.2) is 67.1 Å². The van der Waals surface area contributed by atoms with E-state index in [1.165, 1.54) is 0 Å². The first-order valence-electron chi connectivity index (χ1n) is 10.7. The van der Waals surface area contributed by atoms with Crippen molar-refractivity contribution in [2.45, 2.75) is 13.3 Å². The van der Waals surface area contributed by atoms with Crippen molar-refractivity contribution >= 4 is 5.91 Å². The summed E-state index contributed by atoms with van der Waals surface area (Å²) in [7, 11) is 0. The standard InChI is InChI=1S/C23H22N8O2/c1-15-19(22-30-29-21(33-22)16-6-3-2-4-7-16)28-18(14-25-15)17-12-26-20(27-13-17)23(32)31-10-5-8-24-9-11-31/h2-4,6-7,12-14,24H,5,8-11H2,1H3. The number of benzene rings is 1. The zero-order chi connectivity index (χ0) is 22.6. The second kappa shape index (κ2) is 9.21. The van der Waals surface area contributed by atoms with Gasteiger partial charge in [-0.05, 0) is 32.0 Å². The second-order valence-corrected chi connectivity index (χ2v) is 7.66. The summed E-state index contributed by atoms with van der Waals surface area (Å²) in [5.41, 5.74) is 3.16. The Morgan fingerprint density at radius 3 is 2.55 bits per heavy atom. The van der Waals surface area contributed by atoms with Crippen molar-refractivity contribution in [2.24, 2.45) is 0 Å². The Morgan fingerprint density at radius 2 is 1.73 bits per heavy atom. The van der Waals surface area contributed by atoms with Crippen LogP contribution in [-0.2, 0) is 0 Å². The summed E-state index contributed by atoms with van der Waals surface area (Å²) < 4.78 is 5.84. The van der Waals surface area contributed by atoms with E-state index in [2.05, 4.69) is 35.5 Å². The molecule has 1 aliphatic rings. The second-order valence-electron chi connectivity index (χ2n) is 7.66. The molecule has 4 heterocycles. The van der Waals surface area contributed by atoms with E-state index in [-0.39, 0.29) is 17.6 Å². The van der Waals surface area contributed by atoms with E-state index in [0.717, 1.165) is 25.1 Å². The van der Waals surface area contributed by atoms with Gasteiger partial charge in [-0.25, -0.2) is 15.0 Å². The van der Waals surface area contributed by atoms with Crippen LogP contribution in [0.1, 0.15) is 22.7 Å². The third kappa shape index (κ3) is 4.46. The van der Waals surface area contributed by atoms with Crippen molar-refractivity contribution in [3.63, 3.8) is 0 Å². The van der Waals surface area contributed by atoms with E-state index >= 15 is 0 Å². The van der Waals surface area contributed by atoms with Gasteiger partial charge in [0.05, 0.1) is 17.6 Å². The molecule has 0 spiro atoms. The third-order valence-corrected chi connectivity index (χ3v) is 5.37. The monoisotopic (exact) mass is 442 g/mol. The minimum atomic E-state index is -0.166. The molecule has 166 valence electrons. The zero-order valence-electron chi connectivity index (χ0n) is 18.1. The molecule has 0 saturated carbocycles. The lowest BCUT2D eigenvalue weighted by molar-refractivity contribution is 0.0754. The van der Waals surface area contributed by atoms with Crippen molar-refractivity contribution < 1.29 is 9.21 Å². The highest BCUT2D eigenvalue weighted by molar-refractivity contribution is 5.90. The number of hydrogen-bond acceptors (Lipinski definition) is 9. The Labute approximate surface area is 190 Å². The topological polar surface area (TPSA) is 123 Å². The largest absolute Gasteiger partial charge is 0.415 e. The molecule has 1 fully saturated rings. The van der Waals surface area contributed by atoms with E-state index in [0.29, 0.717) is 41.6 Å². The lowest BCUT2D eigenvalue weighted by Gasteiger charge is -2.18. The number of rotatable bonds is 4. The van der Waals surface area contributed by atoms with Crippen LogP contribution in [0.3, 0.4) is 0 Å². The molecule has 0 unspecified atom stereocenters. The minimum absolute atomic E-state index is 0.166. The fraction of sp³-hybridized carbons (Fsp3) is 0.261. The Bertz CT molecular complexity index is 1250. The first kappa shape index (κ1) is 20.8. The van der Waals surface area contributed by atoms with E-state index < -0.39 is 0 Å². The van der Waals surface area contributed by atoms with Gasteiger partial charge >= 0.3 is 0 Å². The van der Waals surface area contributed by atoms with Crippen LogP contribution in [0.25, 0.3) is 34.3 Å². The summed E-state index contributed by atoms with van der Waals surface area (Å²) in [6.45, 7) is 4.84. The molecule has 1 aromatic carbocycles. The van der Waals surface area contributed by atoms with Gasteiger partial charge in [0.2, 0.25) is 11.7 Å². The van der Waals surface area contributed by atoms with E-state index in [1.54, 1.807) is 23.5 Å². The maximum Gasteiger partial charge on any atom is 0.291 e. The number of aryl methyl sites for hydroxylation is 1. The maximum atomic E-state index is 12.7. The number of nitrogens with zero attached hydrogens (tertiary/aromatic N) is 7. The predicted octanol–water partition coefficient (Wildman–Crippen LogP) is 2.39. The molecule has 1 amide bonds. The number of carbonyl (C=O) groups is 1. The van der Waals surface area contributed by atoms with Gasteiger partial charge in [0.15, 0.2) is 0 Å². The molecule has 1 N–H and O–H groups in total. The Kier molecular flexibility index (Phi) is 5.81. The summed E-state index contributed by atoms with van der Waals surface area (Å²) in [5, 5.41) is 11.6. The van der Waals surface area contributed by atoms with Gasteiger partial charge in [0.25, 0.3) is 11.8 Å². The number of hydrogen-bond donors (Lipinski definition) is 1. The molecule has 10 heteroatoms. The molecule has 3 aromatic heterocycles. The molecular formula is C23H22N8O2. The van der Waals surface area contributed by atoms with Gasteiger partial charge in [-0.15, -0.1) is 10.2 Å². The van der Waals surface area contributed by atoms with Gasteiger partial charge in [-0.1, -0.05) is 18.2 Å². The van der Waals surface area contributed by atoms with Crippen molar-refractivity contribution in [1.82, 2.24) is 40.3 Å². The molecule has 4 aromatic rings. The summed E-state index contributed by atoms with van der Waals surface area (Å²) in [6.07, 6.45) is 5.71. The van der Waals surface area contributed by atoms with Crippen molar-refractivity contribution in [3.05, 3.63) is 60.4 Å². The fourth-order valence-electron chi connectivity index (χ4n) is 3.57. The molecule has 33 heavy (non-hydrogen) atoms. The fourth-order valence-corrected chi connectivity index (χ4v) is 3.57. The quantitative estimate of drug-likeness (QED) is 0.507. The van der Waals surface area contributed by atoms with E-state index in [4.69, 9.17) is 4.42 Å². The summed E-state index contributed by atoms with van der Waals surface area (Å²) in [6, 6.07) is 9.53. The van der Waals surface area contributed by atoms with Gasteiger partial charge < -0.3 is 14.6 Å². The van der Waals surface area contributed by atoms with Crippen LogP contribution in [0.2, 0.25) is 0 Å². The lowest BCUT2D eigenvalue weighted by atomic mass is 10.2. The van der Waals surface area contributed by atoms with Gasteiger partial charge in [-0.3, -0.25) is 9.78 Å². The molecule has 0 atom stereocenters. The molecule has 1 aliphatic heterocycles.